The lowest BCUT2D eigenvalue weighted by molar-refractivity contribution is 0.405. The van der Waals surface area contributed by atoms with Crippen LogP contribution in [0.2, 0.25) is 0 Å². The van der Waals surface area contributed by atoms with Crippen molar-refractivity contribution in [2.75, 3.05) is 0 Å². The molecule has 0 aliphatic heterocycles. The van der Waals surface area contributed by atoms with Crippen LogP contribution in [0.1, 0.15) is 228 Å². The van der Waals surface area contributed by atoms with Crippen LogP contribution in [0, 0.1) is 0 Å². The average molecular weight is 1850 g/mol. The molecule has 0 saturated heterocycles. The van der Waals surface area contributed by atoms with Gasteiger partial charge in [0.15, 0.2) is 23.3 Å². The summed E-state index contributed by atoms with van der Waals surface area (Å²) in [5.41, 5.74) is 39.4. The predicted octanol–water partition coefficient (Wildman–Crippen LogP) is 36.3. The Hall–Kier alpha value is -14.9. The van der Waals surface area contributed by atoms with Crippen molar-refractivity contribution in [2.45, 2.75) is 205 Å². The highest BCUT2D eigenvalue weighted by Gasteiger charge is 2.48. The molecule has 4 aliphatic rings. The van der Waals surface area contributed by atoms with Gasteiger partial charge >= 0.3 is 0 Å². The topological polar surface area (TPSA) is 87.2 Å². The summed E-state index contributed by atoms with van der Waals surface area (Å²) in [5, 5.41) is 4.93. The zero-order chi connectivity index (χ0) is 96.2. The van der Waals surface area contributed by atoms with Gasteiger partial charge in [-0.15, -0.1) is 0 Å². The highest BCUT2D eigenvalue weighted by atomic mass is 15.2. The van der Waals surface area contributed by atoms with E-state index in [1.165, 1.54) is 199 Å². The third-order valence-corrected chi connectivity index (χ3v) is 32.8. The maximum absolute atomic E-state index is 5.76. The fraction of sp³-hybridized carbons (Fsp3) is 0.239. The standard InChI is InChI=1S/C73H58N4.C61H66N4/c1-5-72(6-2)63-35-23-21-33-57(63)59-43-61-62-44-60-58-34-22-24-36-64(58)73(7-3,8-4)66(60)46-68(62)77(67(61)45-65(59)72)71-75-69(55-39-51(47-25-13-9-14-26-47)37-52(40-55)48-27-15-10-16-28-48)74-70(76-71)56-41-53(49-29-17-11-18-30-49)38-54(42-56)50-31-19-12-20-32-50;1-5-9-23-35-60(36-24-10-6-2)51-33-21-19-31-45(51)47-39-49-50-40-48-46-32-20-22-34-52(46)61(37-25-11-7-3,38-26-12-8-4)54(48)42-56(50)65(55(49)41-53(47)60)59-63-57(43-27-15-13-16-28-43)62-58(64-59)44-29-17-14-18-30-44/h9-46H,5-8H2,1-4H3;13-22,27-34,39-42H,5-12,23-26,35-38H2,1-4H3. The molecule has 16 aromatic carbocycles. The van der Waals surface area contributed by atoms with Gasteiger partial charge < -0.3 is 0 Å². The van der Waals surface area contributed by atoms with E-state index in [0.717, 1.165) is 129 Å². The summed E-state index contributed by atoms with van der Waals surface area (Å²) in [6, 6.07) is 135. The Bertz CT molecular complexity index is 7520. The Labute approximate surface area is 837 Å². The zero-order valence-electron chi connectivity index (χ0n) is 83.4. The first kappa shape index (κ1) is 90.9. The quantitative estimate of drug-likeness (QED) is 0.0417. The summed E-state index contributed by atoms with van der Waals surface area (Å²) >= 11 is 0. The Morgan fingerprint density at radius 1 is 0.176 bits per heavy atom. The van der Waals surface area contributed by atoms with E-state index in [0.29, 0.717) is 35.2 Å². The summed E-state index contributed by atoms with van der Waals surface area (Å²) in [4.78, 5) is 33.3. The second-order valence-electron chi connectivity index (χ2n) is 40.4. The Balaban J connectivity index is 0.000000160. The molecule has 0 N–H and O–H groups in total. The predicted molar refractivity (Wildman–Crippen MR) is 594 cm³/mol. The van der Waals surface area contributed by atoms with E-state index in [1.807, 2.05) is 0 Å². The summed E-state index contributed by atoms with van der Waals surface area (Å²) in [6.45, 7) is 18.8. The minimum absolute atomic E-state index is 0.0519. The monoisotopic (exact) mass is 1840 g/mol. The Morgan fingerprint density at radius 3 is 0.634 bits per heavy atom. The molecule has 4 aromatic heterocycles. The highest BCUT2D eigenvalue weighted by molar-refractivity contribution is 6.15. The second kappa shape index (κ2) is 38.3. The van der Waals surface area contributed by atoms with Crippen LogP contribution >= 0.6 is 0 Å². The molecule has 700 valence electrons. The Kier molecular flexibility index (Phi) is 24.5. The first-order valence-electron chi connectivity index (χ1n) is 52.9. The molecule has 0 unspecified atom stereocenters. The van der Waals surface area contributed by atoms with Gasteiger partial charge in [0.2, 0.25) is 11.9 Å². The summed E-state index contributed by atoms with van der Waals surface area (Å²) in [5.74, 6) is 3.86. The summed E-state index contributed by atoms with van der Waals surface area (Å²) in [7, 11) is 0. The number of hydrogen-bond acceptors (Lipinski definition) is 6. The molecular weight excluding hydrogens is 1720 g/mol. The minimum Gasteiger partial charge on any atom is -0.278 e. The molecule has 0 fully saturated rings. The second-order valence-corrected chi connectivity index (χ2v) is 40.4. The van der Waals surface area contributed by atoms with E-state index in [9.17, 15) is 0 Å². The van der Waals surface area contributed by atoms with Crippen LogP contribution < -0.4 is 0 Å². The van der Waals surface area contributed by atoms with Gasteiger partial charge in [0.05, 0.1) is 22.1 Å². The lowest BCUT2D eigenvalue weighted by Crippen LogP contribution is -2.25. The molecule has 0 radical (unpaired) electrons. The fourth-order valence-corrected chi connectivity index (χ4v) is 25.6. The first-order chi connectivity index (χ1) is 70.0. The van der Waals surface area contributed by atoms with E-state index in [4.69, 9.17) is 29.9 Å². The maximum Gasteiger partial charge on any atom is 0.238 e. The van der Waals surface area contributed by atoms with Crippen molar-refractivity contribution in [3.63, 3.8) is 0 Å². The lowest BCUT2D eigenvalue weighted by Gasteiger charge is -2.33. The third kappa shape index (κ3) is 15.5. The van der Waals surface area contributed by atoms with Crippen LogP contribution in [0.4, 0.5) is 0 Å². The van der Waals surface area contributed by atoms with Gasteiger partial charge in [-0.3, -0.25) is 9.13 Å². The van der Waals surface area contributed by atoms with Crippen LogP contribution in [0.15, 0.2) is 364 Å². The molecule has 0 bridgehead atoms. The van der Waals surface area contributed by atoms with Gasteiger partial charge in [0, 0.05) is 65.5 Å². The van der Waals surface area contributed by atoms with E-state index < -0.39 is 0 Å². The molecule has 0 atom stereocenters. The van der Waals surface area contributed by atoms with Crippen molar-refractivity contribution in [3.8, 4) is 146 Å². The fourth-order valence-electron chi connectivity index (χ4n) is 25.6. The third-order valence-electron chi connectivity index (χ3n) is 32.8. The molecule has 4 heterocycles. The van der Waals surface area contributed by atoms with Crippen molar-refractivity contribution < 1.29 is 0 Å². The molecule has 0 saturated carbocycles. The van der Waals surface area contributed by atoms with Crippen molar-refractivity contribution in [2.24, 2.45) is 0 Å². The summed E-state index contributed by atoms with van der Waals surface area (Å²) < 4.78 is 4.85. The minimum atomic E-state index is -0.144. The zero-order valence-corrected chi connectivity index (χ0v) is 83.4. The molecule has 20 aromatic rings. The van der Waals surface area contributed by atoms with E-state index >= 15 is 0 Å². The van der Waals surface area contributed by atoms with Crippen LogP contribution in [-0.4, -0.2) is 39.0 Å². The molecular formula is C134H124N8. The van der Waals surface area contributed by atoms with Gasteiger partial charge in [-0.1, -0.05) is 411 Å². The van der Waals surface area contributed by atoms with Gasteiger partial charge in [-0.2, -0.15) is 19.9 Å². The molecule has 24 rings (SSSR count). The van der Waals surface area contributed by atoms with Crippen LogP contribution in [0.25, 0.3) is 190 Å². The van der Waals surface area contributed by atoms with Crippen molar-refractivity contribution >= 4 is 43.6 Å². The number of nitrogens with zero attached hydrogens (tertiary/aromatic N) is 8. The molecule has 0 spiro atoms. The summed E-state index contributed by atoms with van der Waals surface area (Å²) in [6.07, 6.45) is 23.3. The Morgan fingerprint density at radius 2 is 0.387 bits per heavy atom. The van der Waals surface area contributed by atoms with E-state index in [-0.39, 0.29) is 21.7 Å². The van der Waals surface area contributed by atoms with Gasteiger partial charge in [-0.25, -0.2) is 9.97 Å². The number of unbranched alkanes of at least 4 members (excludes halogenated alkanes) is 8. The molecule has 0 amide bonds. The first-order valence-corrected chi connectivity index (χ1v) is 52.9. The van der Waals surface area contributed by atoms with Crippen LogP contribution in [-0.2, 0) is 21.7 Å². The van der Waals surface area contributed by atoms with Gasteiger partial charge in [-0.05, 0) is 270 Å². The molecule has 8 nitrogen and oxygen atoms in total. The van der Waals surface area contributed by atoms with E-state index in [1.54, 1.807) is 0 Å². The SMILES string of the molecule is CCC1(CC)c2ccccc2-c2cc3c4cc5c(cc4n(-c4nc(-c6cc(-c7ccccc7)cc(-c7ccccc7)c6)nc(-c6cc(-c7ccccc7)cc(-c7ccccc7)c6)n4)c3cc21)C(CC)(CC)c1ccccc1-5.CCCCCC1(CCCCC)c2ccccc2-c2cc3c4cc5c(cc4n(-c4nc(-c6ccccc6)nc(-c6ccccc6)n4)c3cc21)C(CCCCC)(CCCCC)c1ccccc1-5. The van der Waals surface area contributed by atoms with Gasteiger partial charge in [0.25, 0.3) is 0 Å². The number of benzene rings is 16. The highest BCUT2D eigenvalue weighted by Crippen LogP contribution is 2.62. The molecule has 142 heavy (non-hydrogen) atoms. The largest absolute Gasteiger partial charge is 0.278 e. The molecule has 4 aliphatic carbocycles. The van der Waals surface area contributed by atoms with Crippen molar-refractivity contribution in [1.82, 2.24) is 39.0 Å². The van der Waals surface area contributed by atoms with Gasteiger partial charge in [0.1, 0.15) is 0 Å². The van der Waals surface area contributed by atoms with Crippen molar-refractivity contribution in [1.29, 1.82) is 0 Å². The average Bonchev–Trinajstić information content (AvgIpc) is 1.53. The maximum atomic E-state index is 5.76. The normalized spacial score (nSPS) is 13.9. The van der Waals surface area contributed by atoms with Crippen LogP contribution in [0.5, 0.6) is 0 Å². The number of hydrogen-bond donors (Lipinski definition) is 0. The number of aromatic nitrogens is 8. The number of fused-ring (bicyclic) bond motifs is 18. The smallest absolute Gasteiger partial charge is 0.238 e. The van der Waals surface area contributed by atoms with Crippen molar-refractivity contribution in [3.05, 3.63) is 408 Å². The van der Waals surface area contributed by atoms with Crippen LogP contribution in [0.3, 0.4) is 0 Å². The molecule has 8 heteroatoms. The van der Waals surface area contributed by atoms with E-state index in [2.05, 4.69) is 429 Å². The lowest BCUT2D eigenvalue weighted by atomic mass is 9.70. The number of rotatable bonds is 30.